The number of fused-ring (bicyclic) bond motifs is 1. The van der Waals surface area contributed by atoms with Gasteiger partial charge in [-0.3, -0.25) is 9.59 Å². The van der Waals surface area contributed by atoms with Gasteiger partial charge in [-0.2, -0.15) is 0 Å². The van der Waals surface area contributed by atoms with Crippen molar-refractivity contribution in [1.82, 2.24) is 9.88 Å². The molecular weight excluding hydrogens is 396 g/mol. The van der Waals surface area contributed by atoms with E-state index in [0.29, 0.717) is 17.7 Å². The molecule has 4 heteroatoms. The van der Waals surface area contributed by atoms with Crippen molar-refractivity contribution < 1.29 is 4.79 Å². The fourth-order valence-electron chi connectivity index (χ4n) is 3.97. The van der Waals surface area contributed by atoms with Crippen molar-refractivity contribution in [3.63, 3.8) is 0 Å². The first kappa shape index (κ1) is 21.6. The number of H-pyrrole nitrogens is 1. The number of benzene rings is 3. The number of carbonyl (C=O) groups excluding carboxylic acids is 1. The minimum absolute atomic E-state index is 0.0655. The van der Waals surface area contributed by atoms with Crippen LogP contribution in [0.3, 0.4) is 0 Å². The maximum Gasteiger partial charge on any atom is 0.254 e. The molecule has 0 saturated heterocycles. The predicted molar refractivity (Wildman–Crippen MR) is 130 cm³/mol. The van der Waals surface area contributed by atoms with E-state index in [1.165, 1.54) is 5.56 Å². The van der Waals surface area contributed by atoms with Crippen molar-refractivity contribution in [3.8, 4) is 0 Å². The molecule has 0 aliphatic rings. The van der Waals surface area contributed by atoms with Crippen molar-refractivity contribution in [1.29, 1.82) is 0 Å². The molecule has 0 aliphatic heterocycles. The van der Waals surface area contributed by atoms with Crippen molar-refractivity contribution in [2.45, 2.75) is 33.7 Å². The van der Waals surface area contributed by atoms with Gasteiger partial charge in [0.2, 0.25) is 0 Å². The lowest BCUT2D eigenvalue weighted by Crippen LogP contribution is -2.34. The number of pyridine rings is 1. The molecule has 0 unspecified atom stereocenters. The largest absolute Gasteiger partial charge is 0.334 e. The highest BCUT2D eigenvalue weighted by Gasteiger charge is 2.18. The Bertz CT molecular complexity index is 1320. The van der Waals surface area contributed by atoms with E-state index in [-0.39, 0.29) is 18.0 Å². The van der Waals surface area contributed by atoms with E-state index in [1.807, 2.05) is 68.4 Å². The molecule has 0 bridgehead atoms. The Labute approximate surface area is 188 Å². The number of nitrogens with one attached hydrogen (secondary N) is 1. The summed E-state index contributed by atoms with van der Waals surface area (Å²) in [4.78, 5) is 31.0. The summed E-state index contributed by atoms with van der Waals surface area (Å²) in [5.74, 6) is -0.0655. The Morgan fingerprint density at radius 2 is 1.62 bits per heavy atom. The summed E-state index contributed by atoms with van der Waals surface area (Å²) >= 11 is 0. The molecule has 1 heterocycles. The van der Waals surface area contributed by atoms with Gasteiger partial charge in [0, 0.05) is 23.2 Å². The number of carbonyl (C=O) groups is 1. The number of hydrogen-bond acceptors (Lipinski definition) is 2. The van der Waals surface area contributed by atoms with Crippen LogP contribution in [0.2, 0.25) is 0 Å². The number of aryl methyl sites for hydroxylation is 3. The molecule has 0 aliphatic carbocycles. The van der Waals surface area contributed by atoms with Gasteiger partial charge in [0.15, 0.2) is 0 Å². The van der Waals surface area contributed by atoms with Crippen molar-refractivity contribution in [2.75, 3.05) is 6.54 Å². The fourth-order valence-corrected chi connectivity index (χ4v) is 3.97. The second-order valence-electron chi connectivity index (χ2n) is 8.48. The molecule has 0 saturated carbocycles. The molecular formula is C28H28N2O2. The predicted octanol–water partition coefficient (Wildman–Crippen LogP) is 5.34. The lowest BCUT2D eigenvalue weighted by Gasteiger charge is -2.23. The second kappa shape index (κ2) is 9.23. The van der Waals surface area contributed by atoms with Gasteiger partial charge in [-0.05, 0) is 79.6 Å². The zero-order chi connectivity index (χ0) is 22.7. The molecule has 1 N–H and O–H groups in total. The highest BCUT2D eigenvalue weighted by Crippen LogP contribution is 2.19. The molecule has 4 rings (SSSR count). The molecule has 4 aromatic rings. The molecule has 0 fully saturated rings. The van der Waals surface area contributed by atoms with E-state index in [2.05, 4.69) is 30.1 Å². The molecule has 0 spiro atoms. The number of hydrogen-bond donors (Lipinski definition) is 1. The van der Waals surface area contributed by atoms with Gasteiger partial charge in [0.25, 0.3) is 11.5 Å². The van der Waals surface area contributed by atoms with Gasteiger partial charge in [0.05, 0.1) is 6.54 Å². The second-order valence-corrected chi connectivity index (χ2v) is 8.48. The van der Waals surface area contributed by atoms with E-state index < -0.39 is 0 Å². The Morgan fingerprint density at radius 1 is 0.875 bits per heavy atom. The summed E-state index contributed by atoms with van der Waals surface area (Å²) in [6.07, 6.45) is 0.724. The summed E-state index contributed by atoms with van der Waals surface area (Å²) in [6, 6.07) is 23.7. The van der Waals surface area contributed by atoms with Gasteiger partial charge in [-0.25, -0.2) is 0 Å². The minimum Gasteiger partial charge on any atom is -0.334 e. The van der Waals surface area contributed by atoms with Crippen LogP contribution < -0.4 is 5.56 Å². The third-order valence-corrected chi connectivity index (χ3v) is 5.96. The van der Waals surface area contributed by atoms with E-state index in [4.69, 9.17) is 0 Å². The molecule has 1 amide bonds. The molecule has 32 heavy (non-hydrogen) atoms. The maximum absolute atomic E-state index is 13.4. The molecule has 0 atom stereocenters. The zero-order valence-electron chi connectivity index (χ0n) is 18.8. The third-order valence-electron chi connectivity index (χ3n) is 5.96. The highest BCUT2D eigenvalue weighted by molar-refractivity contribution is 5.94. The summed E-state index contributed by atoms with van der Waals surface area (Å²) < 4.78 is 0. The average molecular weight is 425 g/mol. The zero-order valence-corrected chi connectivity index (χ0v) is 18.8. The van der Waals surface area contributed by atoms with Gasteiger partial charge < -0.3 is 9.88 Å². The molecule has 162 valence electrons. The summed E-state index contributed by atoms with van der Waals surface area (Å²) in [7, 11) is 0. The third kappa shape index (κ3) is 4.80. The lowest BCUT2D eigenvalue weighted by atomic mass is 10.0. The first-order chi connectivity index (χ1) is 15.4. The Hall–Kier alpha value is -3.66. The Morgan fingerprint density at radius 3 is 2.38 bits per heavy atom. The number of aromatic amines is 1. The number of nitrogens with zero attached hydrogens (tertiary/aromatic N) is 1. The van der Waals surface area contributed by atoms with E-state index in [1.54, 1.807) is 4.90 Å². The van der Waals surface area contributed by atoms with Gasteiger partial charge in [-0.1, -0.05) is 48.0 Å². The van der Waals surface area contributed by atoms with E-state index in [0.717, 1.165) is 34.0 Å². The molecule has 4 nitrogen and oxygen atoms in total. The lowest BCUT2D eigenvalue weighted by molar-refractivity contribution is 0.0744. The van der Waals surface area contributed by atoms with Crippen LogP contribution in [0, 0.1) is 20.8 Å². The van der Waals surface area contributed by atoms with Crippen LogP contribution in [0.1, 0.15) is 38.2 Å². The standard InChI is InChI=1S/C28H28N2O2/c1-19-8-7-11-23(14-19)28(32)30(13-12-22-9-5-4-6-10-22)18-25-17-24-15-20(2)21(3)16-26(24)29-27(25)31/h4-11,14-17H,12-13,18H2,1-3H3,(H,29,31). The van der Waals surface area contributed by atoms with Crippen LogP contribution in [0.4, 0.5) is 0 Å². The summed E-state index contributed by atoms with van der Waals surface area (Å²) in [5.41, 5.74) is 6.41. The van der Waals surface area contributed by atoms with Gasteiger partial charge in [0.1, 0.15) is 0 Å². The van der Waals surface area contributed by atoms with Gasteiger partial charge >= 0.3 is 0 Å². The first-order valence-electron chi connectivity index (χ1n) is 10.9. The number of aromatic nitrogens is 1. The maximum atomic E-state index is 13.4. The van der Waals surface area contributed by atoms with Crippen LogP contribution in [-0.2, 0) is 13.0 Å². The van der Waals surface area contributed by atoms with Crippen LogP contribution >= 0.6 is 0 Å². The quantitative estimate of drug-likeness (QED) is 0.454. The van der Waals surface area contributed by atoms with Gasteiger partial charge in [-0.15, -0.1) is 0 Å². The van der Waals surface area contributed by atoms with Crippen LogP contribution in [0.15, 0.2) is 77.6 Å². The number of amides is 1. The SMILES string of the molecule is Cc1cccc(C(=O)N(CCc2ccccc2)Cc2cc3cc(C)c(C)cc3[nH]c2=O)c1. The number of rotatable bonds is 6. The first-order valence-corrected chi connectivity index (χ1v) is 10.9. The Balaban J connectivity index is 1.67. The Kier molecular flexibility index (Phi) is 6.22. The average Bonchev–Trinajstić information content (AvgIpc) is 2.78. The van der Waals surface area contributed by atoms with Crippen LogP contribution in [0.25, 0.3) is 10.9 Å². The monoisotopic (exact) mass is 424 g/mol. The highest BCUT2D eigenvalue weighted by atomic mass is 16.2. The van der Waals surface area contributed by atoms with Crippen LogP contribution in [0.5, 0.6) is 0 Å². The van der Waals surface area contributed by atoms with Crippen molar-refractivity contribution >= 4 is 16.8 Å². The minimum atomic E-state index is -0.150. The topological polar surface area (TPSA) is 53.2 Å². The normalized spacial score (nSPS) is 11.0. The summed E-state index contributed by atoms with van der Waals surface area (Å²) in [5, 5.41) is 0.980. The summed E-state index contributed by atoms with van der Waals surface area (Å²) in [6.45, 7) is 6.86. The van der Waals surface area contributed by atoms with Crippen molar-refractivity contribution in [2.24, 2.45) is 0 Å². The van der Waals surface area contributed by atoms with Crippen molar-refractivity contribution in [3.05, 3.63) is 117 Å². The molecule has 0 radical (unpaired) electrons. The smallest absolute Gasteiger partial charge is 0.254 e. The molecule has 3 aromatic carbocycles. The molecule has 1 aromatic heterocycles. The van der Waals surface area contributed by atoms with E-state index in [9.17, 15) is 9.59 Å². The van der Waals surface area contributed by atoms with Crippen LogP contribution in [-0.4, -0.2) is 22.3 Å². The fraction of sp³-hybridized carbons (Fsp3) is 0.214. The van der Waals surface area contributed by atoms with E-state index >= 15 is 0 Å².